The molecule has 2 rings (SSSR count). The van der Waals surface area contributed by atoms with Gasteiger partial charge < -0.3 is 10.1 Å². The zero-order valence-corrected chi connectivity index (χ0v) is 12.1. The van der Waals surface area contributed by atoms with Crippen LogP contribution in [0.4, 0.5) is 0 Å². The Morgan fingerprint density at radius 3 is 3.00 bits per heavy atom. The van der Waals surface area contributed by atoms with Gasteiger partial charge in [-0.15, -0.1) is 0 Å². The molecule has 0 aliphatic heterocycles. The molecule has 0 aliphatic rings. The highest BCUT2D eigenvalue weighted by atomic mass is 32.1. The molecule has 0 saturated carbocycles. The molecular formula is C14H19N3OS. The lowest BCUT2D eigenvalue weighted by atomic mass is 10.0. The molecule has 0 bridgehead atoms. The van der Waals surface area contributed by atoms with Crippen LogP contribution in [0, 0.1) is 0 Å². The van der Waals surface area contributed by atoms with Crippen molar-refractivity contribution in [3.63, 3.8) is 0 Å². The first-order valence-corrected chi connectivity index (χ1v) is 7.38. The third kappa shape index (κ3) is 4.01. The minimum atomic E-state index is 0.297. The predicted molar refractivity (Wildman–Crippen MR) is 77.6 cm³/mol. The van der Waals surface area contributed by atoms with E-state index in [-0.39, 0.29) is 0 Å². The maximum absolute atomic E-state index is 5.14. The van der Waals surface area contributed by atoms with Crippen LogP contribution in [-0.4, -0.2) is 23.6 Å². The Labute approximate surface area is 117 Å². The number of thiophene rings is 1. The first-order valence-electron chi connectivity index (χ1n) is 6.44. The van der Waals surface area contributed by atoms with Crippen LogP contribution in [0.2, 0.25) is 0 Å². The molecule has 2 aromatic rings. The van der Waals surface area contributed by atoms with Gasteiger partial charge in [-0.25, -0.2) is 9.97 Å². The molecule has 2 aromatic heterocycles. The Morgan fingerprint density at radius 2 is 2.32 bits per heavy atom. The summed E-state index contributed by atoms with van der Waals surface area (Å²) in [6.45, 7) is 3.17. The van der Waals surface area contributed by atoms with Gasteiger partial charge in [-0.3, -0.25) is 0 Å². The van der Waals surface area contributed by atoms with Gasteiger partial charge in [0, 0.05) is 24.2 Å². The van der Waals surface area contributed by atoms with Gasteiger partial charge in [0.25, 0.3) is 0 Å². The van der Waals surface area contributed by atoms with E-state index in [2.05, 4.69) is 39.0 Å². The first-order chi connectivity index (χ1) is 9.33. The van der Waals surface area contributed by atoms with Crippen molar-refractivity contribution in [1.82, 2.24) is 15.3 Å². The van der Waals surface area contributed by atoms with E-state index in [0.29, 0.717) is 11.9 Å². The quantitative estimate of drug-likeness (QED) is 0.845. The summed E-state index contributed by atoms with van der Waals surface area (Å²) >= 11 is 1.72. The minimum absolute atomic E-state index is 0.297. The standard InChI is InChI=1S/C14H19N3OS/c1-3-5-15-13(11-4-6-19-9-11)7-12-8-14(18-2)17-10-16-12/h4,6,8-10,13,15H,3,5,7H2,1-2H3. The van der Waals surface area contributed by atoms with Crippen molar-refractivity contribution >= 4 is 11.3 Å². The van der Waals surface area contributed by atoms with Crippen LogP contribution in [0.25, 0.3) is 0 Å². The Balaban J connectivity index is 2.10. The maximum Gasteiger partial charge on any atom is 0.216 e. The summed E-state index contributed by atoms with van der Waals surface area (Å²) in [6, 6.07) is 4.36. The molecule has 102 valence electrons. The molecule has 19 heavy (non-hydrogen) atoms. The maximum atomic E-state index is 5.14. The van der Waals surface area contributed by atoms with Crippen molar-refractivity contribution in [2.75, 3.05) is 13.7 Å². The molecule has 0 spiro atoms. The van der Waals surface area contributed by atoms with Crippen LogP contribution in [0.1, 0.15) is 30.6 Å². The monoisotopic (exact) mass is 277 g/mol. The number of rotatable bonds is 7. The summed E-state index contributed by atoms with van der Waals surface area (Å²) in [6.07, 6.45) is 3.52. The van der Waals surface area contributed by atoms with Crippen LogP contribution in [0.15, 0.2) is 29.2 Å². The molecule has 0 aromatic carbocycles. The van der Waals surface area contributed by atoms with Crippen molar-refractivity contribution in [2.24, 2.45) is 0 Å². The van der Waals surface area contributed by atoms with Gasteiger partial charge in [0.2, 0.25) is 5.88 Å². The average Bonchev–Trinajstić information content (AvgIpc) is 2.97. The third-order valence-corrected chi connectivity index (χ3v) is 3.61. The zero-order valence-electron chi connectivity index (χ0n) is 11.3. The van der Waals surface area contributed by atoms with Gasteiger partial charge >= 0.3 is 0 Å². The predicted octanol–water partition coefficient (Wildman–Crippen LogP) is 2.83. The van der Waals surface area contributed by atoms with Crippen LogP contribution < -0.4 is 10.1 Å². The number of ether oxygens (including phenoxy) is 1. The lowest BCUT2D eigenvalue weighted by Gasteiger charge is -2.17. The molecule has 4 nitrogen and oxygen atoms in total. The Morgan fingerprint density at radius 1 is 1.42 bits per heavy atom. The van der Waals surface area contributed by atoms with E-state index in [0.717, 1.165) is 25.1 Å². The molecule has 0 saturated heterocycles. The summed E-state index contributed by atoms with van der Waals surface area (Å²) in [7, 11) is 1.62. The van der Waals surface area contributed by atoms with Crippen LogP contribution in [-0.2, 0) is 6.42 Å². The van der Waals surface area contributed by atoms with Gasteiger partial charge in [0.05, 0.1) is 7.11 Å². The highest BCUT2D eigenvalue weighted by molar-refractivity contribution is 7.07. The number of nitrogens with zero attached hydrogens (tertiary/aromatic N) is 2. The number of methoxy groups -OCH3 is 1. The van der Waals surface area contributed by atoms with E-state index in [1.807, 2.05) is 6.07 Å². The van der Waals surface area contributed by atoms with E-state index >= 15 is 0 Å². The molecule has 0 aliphatic carbocycles. The topological polar surface area (TPSA) is 47.0 Å². The zero-order chi connectivity index (χ0) is 13.5. The summed E-state index contributed by atoms with van der Waals surface area (Å²) in [5.74, 6) is 0.615. The third-order valence-electron chi connectivity index (χ3n) is 2.91. The van der Waals surface area contributed by atoms with E-state index in [1.165, 1.54) is 5.56 Å². The smallest absolute Gasteiger partial charge is 0.216 e. The fourth-order valence-corrected chi connectivity index (χ4v) is 2.62. The van der Waals surface area contributed by atoms with Gasteiger partial charge in [-0.1, -0.05) is 6.92 Å². The molecule has 0 fully saturated rings. The molecule has 0 amide bonds. The largest absolute Gasteiger partial charge is 0.481 e. The number of hydrogen-bond acceptors (Lipinski definition) is 5. The van der Waals surface area contributed by atoms with Crippen LogP contribution >= 0.6 is 11.3 Å². The molecule has 2 heterocycles. The van der Waals surface area contributed by atoms with Crippen LogP contribution in [0.5, 0.6) is 5.88 Å². The van der Waals surface area contributed by atoms with E-state index in [9.17, 15) is 0 Å². The molecule has 0 radical (unpaired) electrons. The highest BCUT2D eigenvalue weighted by Gasteiger charge is 2.13. The fourth-order valence-electron chi connectivity index (χ4n) is 1.91. The second-order valence-electron chi connectivity index (χ2n) is 4.32. The van der Waals surface area contributed by atoms with Crippen molar-refractivity contribution < 1.29 is 4.74 Å². The first kappa shape index (κ1) is 14.0. The van der Waals surface area contributed by atoms with Crippen LogP contribution in [0.3, 0.4) is 0 Å². The van der Waals surface area contributed by atoms with E-state index in [4.69, 9.17) is 4.74 Å². The van der Waals surface area contributed by atoms with Crippen molar-refractivity contribution in [3.05, 3.63) is 40.5 Å². The normalized spacial score (nSPS) is 12.3. The molecule has 1 atom stereocenters. The summed E-state index contributed by atoms with van der Waals surface area (Å²) in [4.78, 5) is 8.36. The van der Waals surface area contributed by atoms with Gasteiger partial charge in [0.1, 0.15) is 6.33 Å². The minimum Gasteiger partial charge on any atom is -0.481 e. The second kappa shape index (κ2) is 7.21. The van der Waals surface area contributed by atoms with Crippen molar-refractivity contribution in [2.45, 2.75) is 25.8 Å². The van der Waals surface area contributed by atoms with Gasteiger partial charge in [-0.2, -0.15) is 11.3 Å². The van der Waals surface area contributed by atoms with Gasteiger partial charge in [-0.05, 0) is 35.4 Å². The highest BCUT2D eigenvalue weighted by Crippen LogP contribution is 2.21. The summed E-state index contributed by atoms with van der Waals surface area (Å²) < 4.78 is 5.14. The Bertz CT molecular complexity index is 487. The van der Waals surface area contributed by atoms with Crippen molar-refractivity contribution in [1.29, 1.82) is 0 Å². The number of aromatic nitrogens is 2. The van der Waals surface area contributed by atoms with Gasteiger partial charge in [0.15, 0.2) is 0 Å². The van der Waals surface area contributed by atoms with Crippen molar-refractivity contribution in [3.8, 4) is 5.88 Å². The molecular weight excluding hydrogens is 258 g/mol. The van der Waals surface area contributed by atoms with E-state index in [1.54, 1.807) is 24.8 Å². The lowest BCUT2D eigenvalue weighted by molar-refractivity contribution is 0.395. The number of hydrogen-bond donors (Lipinski definition) is 1. The molecule has 1 N–H and O–H groups in total. The van der Waals surface area contributed by atoms with E-state index < -0.39 is 0 Å². The SMILES string of the molecule is CCCNC(Cc1cc(OC)ncn1)c1ccsc1. The Kier molecular flexibility index (Phi) is 5.30. The molecule has 1 unspecified atom stereocenters. The summed E-state index contributed by atoms with van der Waals surface area (Å²) in [5, 5.41) is 7.86. The average molecular weight is 277 g/mol. The number of nitrogens with one attached hydrogen (secondary N) is 1. The Hall–Kier alpha value is -1.46. The molecule has 5 heteroatoms. The fraction of sp³-hybridized carbons (Fsp3) is 0.429. The lowest BCUT2D eigenvalue weighted by Crippen LogP contribution is -2.24. The summed E-state index contributed by atoms with van der Waals surface area (Å²) in [5.41, 5.74) is 2.31. The second-order valence-corrected chi connectivity index (χ2v) is 5.10.